The summed E-state index contributed by atoms with van der Waals surface area (Å²) in [4.78, 5) is 56.7. The first-order chi connectivity index (χ1) is 28.8. The minimum absolute atomic E-state index is 0.0472. The van der Waals surface area contributed by atoms with Crippen molar-refractivity contribution in [1.29, 1.82) is 0 Å². The Morgan fingerprint density at radius 1 is 0.763 bits per heavy atom. The van der Waals surface area contributed by atoms with Gasteiger partial charge in [-0.25, -0.2) is 9.97 Å². The minimum atomic E-state index is -0.735. The average molecular weight is 936 g/mol. The van der Waals surface area contributed by atoms with Gasteiger partial charge in [-0.1, -0.05) is 134 Å². The number of allylic oxidation sites excluding steroid dienone is 3. The van der Waals surface area contributed by atoms with Crippen LogP contribution in [0.2, 0.25) is 0 Å². The summed E-state index contributed by atoms with van der Waals surface area (Å²) in [6.07, 6.45) is 16.9. The van der Waals surface area contributed by atoms with Gasteiger partial charge < -0.3 is 15.1 Å². The zero-order chi connectivity index (χ0) is 40.9. The summed E-state index contributed by atoms with van der Waals surface area (Å²) >= 11 is 5.78. The maximum atomic E-state index is 14.2. The van der Waals surface area contributed by atoms with E-state index in [1.165, 1.54) is 5.57 Å². The summed E-state index contributed by atoms with van der Waals surface area (Å²) in [6.45, 7) is 5.45. The number of thiazole rings is 2. The minimum Gasteiger partial charge on any atom is -0.340 e. The van der Waals surface area contributed by atoms with Crippen molar-refractivity contribution in [2.45, 2.75) is 87.3 Å². The molecule has 4 heterocycles. The fourth-order valence-corrected chi connectivity index (χ4v) is 11.4. The molecule has 304 valence electrons. The van der Waals surface area contributed by atoms with Crippen LogP contribution in [0.25, 0.3) is 32.0 Å². The Morgan fingerprint density at radius 2 is 1.31 bits per heavy atom. The second kappa shape index (κ2) is 18.9. The quantitative estimate of drug-likeness (QED) is 0.0937. The third kappa shape index (κ3) is 9.17. The number of hydrogen-bond donors (Lipinski definition) is 1. The molecule has 2 fully saturated rings. The van der Waals surface area contributed by atoms with E-state index in [0.29, 0.717) is 16.9 Å². The maximum Gasteiger partial charge on any atom is 0.250 e. The molecule has 3 aromatic carbocycles. The molecule has 3 aliphatic rings. The van der Waals surface area contributed by atoms with Crippen molar-refractivity contribution in [2.24, 2.45) is 5.92 Å². The van der Waals surface area contributed by atoms with E-state index in [-0.39, 0.29) is 35.7 Å². The van der Waals surface area contributed by atoms with Crippen molar-refractivity contribution in [2.75, 3.05) is 13.1 Å². The molecule has 59 heavy (non-hydrogen) atoms. The Kier molecular flexibility index (Phi) is 13.2. The first kappa shape index (κ1) is 41.3. The first-order valence-corrected chi connectivity index (χ1v) is 23.8. The number of hydrogen-bond acceptors (Lipinski definition) is 7. The number of likely N-dealkylation sites (tertiary alicyclic amines) is 2. The van der Waals surface area contributed by atoms with Gasteiger partial charge in [-0.05, 0) is 78.3 Å². The molecule has 0 spiro atoms. The van der Waals surface area contributed by atoms with Crippen molar-refractivity contribution >= 4 is 63.0 Å². The van der Waals surface area contributed by atoms with Crippen LogP contribution in [-0.2, 0) is 14.4 Å². The molecular formula is C48H50IN5O3S2. The lowest BCUT2D eigenvalue weighted by Gasteiger charge is -2.29. The molecule has 2 aromatic heterocycles. The van der Waals surface area contributed by atoms with Crippen LogP contribution in [0.1, 0.15) is 98.9 Å². The summed E-state index contributed by atoms with van der Waals surface area (Å²) in [6, 6.07) is 26.0. The first-order valence-electron chi connectivity index (χ1n) is 20.9. The second-order valence-corrected chi connectivity index (χ2v) is 19.3. The highest BCUT2D eigenvalue weighted by molar-refractivity contribution is 14.1. The van der Waals surface area contributed by atoms with Gasteiger partial charge in [0.25, 0.3) is 0 Å². The molecule has 4 atom stereocenters. The third-order valence-electron chi connectivity index (χ3n) is 12.0. The van der Waals surface area contributed by atoms with Gasteiger partial charge >= 0.3 is 0 Å². The lowest BCUT2D eigenvalue weighted by atomic mass is 10.00. The van der Waals surface area contributed by atoms with E-state index in [2.05, 4.69) is 99.6 Å². The van der Waals surface area contributed by atoms with Gasteiger partial charge in [0.1, 0.15) is 16.1 Å². The second-order valence-electron chi connectivity index (χ2n) is 15.6. The summed E-state index contributed by atoms with van der Waals surface area (Å²) in [5, 5.41) is 5.05. The third-order valence-corrected chi connectivity index (χ3v) is 15.6. The fourth-order valence-electron chi connectivity index (χ4n) is 8.52. The van der Waals surface area contributed by atoms with Gasteiger partial charge in [0.05, 0.1) is 21.8 Å². The van der Waals surface area contributed by atoms with Gasteiger partial charge in [-0.2, -0.15) is 0 Å². The zero-order valence-electron chi connectivity index (χ0n) is 33.6. The predicted molar refractivity (Wildman–Crippen MR) is 247 cm³/mol. The van der Waals surface area contributed by atoms with Crippen LogP contribution in [0.15, 0.2) is 115 Å². The number of amides is 3. The molecule has 0 saturated carbocycles. The van der Waals surface area contributed by atoms with Crippen molar-refractivity contribution in [3.63, 3.8) is 0 Å². The standard InChI is InChI=1S/C48H50IN5O3S2/c1-3-31(4-2)45(56)52-44(36-12-6-5-7-13-36)48(57)54-27-11-17-40(54)47-51-30-42(59-47)35-24-20-33(21-25-35)32-18-22-34(23-19-32)41-29-50-46(58-41)39-16-10-26-53(39)43(55)28-37-14-8-9-15-38(37)49/h5-9,12-14,18-25,29-31,38-40,44H,3-4,10-11,15-17,26-28H2,1-2H3,(H,52,56)/t38?,39-,40-,44-/m0/s1. The van der Waals surface area contributed by atoms with Crippen molar-refractivity contribution < 1.29 is 14.4 Å². The Hall–Kier alpha value is -4.46. The highest BCUT2D eigenvalue weighted by Crippen LogP contribution is 2.41. The fraction of sp³-hybridized carbons (Fsp3) is 0.354. The summed E-state index contributed by atoms with van der Waals surface area (Å²) in [5.41, 5.74) is 6.48. The molecule has 8 rings (SSSR count). The lowest BCUT2D eigenvalue weighted by Crippen LogP contribution is -2.44. The van der Waals surface area contributed by atoms with Gasteiger partial charge in [0, 0.05) is 41.7 Å². The predicted octanol–water partition coefficient (Wildman–Crippen LogP) is 11.3. The monoisotopic (exact) mass is 935 g/mol. The molecule has 2 saturated heterocycles. The molecule has 0 bridgehead atoms. The van der Waals surface area contributed by atoms with Crippen LogP contribution in [-0.4, -0.2) is 54.5 Å². The SMILES string of the molecule is CCC(CC)C(=O)N[C@H](C(=O)N1CCC[C@H]1c1ncc(-c2ccc(-c3ccc(-c4cnc([C@@H]5CCCN5C(=O)CC5=CC=CCC5I)s4)cc3)cc2)s1)c1ccccc1. The zero-order valence-corrected chi connectivity index (χ0v) is 37.3. The highest BCUT2D eigenvalue weighted by atomic mass is 127. The number of aromatic nitrogens is 2. The number of benzene rings is 3. The summed E-state index contributed by atoms with van der Waals surface area (Å²) in [5.74, 6) is -0.0742. The molecule has 0 radical (unpaired) electrons. The van der Waals surface area contributed by atoms with E-state index in [0.717, 1.165) is 99.1 Å². The Labute approximate surface area is 369 Å². The van der Waals surface area contributed by atoms with Crippen LogP contribution >= 0.6 is 45.3 Å². The molecule has 1 N–H and O–H groups in total. The van der Waals surface area contributed by atoms with Gasteiger partial charge in [-0.15, -0.1) is 22.7 Å². The number of carbonyl (C=O) groups is 3. The van der Waals surface area contributed by atoms with Crippen molar-refractivity contribution in [3.05, 3.63) is 131 Å². The lowest BCUT2D eigenvalue weighted by molar-refractivity contribution is -0.138. The molecule has 11 heteroatoms. The Balaban J connectivity index is 0.917. The van der Waals surface area contributed by atoms with Crippen molar-refractivity contribution in [1.82, 2.24) is 25.1 Å². The van der Waals surface area contributed by atoms with Crippen LogP contribution in [0.5, 0.6) is 0 Å². The molecule has 2 aliphatic heterocycles. The number of alkyl halides is 1. The van der Waals surface area contributed by atoms with E-state index >= 15 is 0 Å². The van der Waals surface area contributed by atoms with Crippen LogP contribution in [0, 0.1) is 5.92 Å². The Morgan fingerprint density at radius 3 is 1.86 bits per heavy atom. The van der Waals surface area contributed by atoms with E-state index in [1.54, 1.807) is 22.7 Å². The van der Waals surface area contributed by atoms with Gasteiger partial charge in [0.2, 0.25) is 17.7 Å². The van der Waals surface area contributed by atoms with Crippen molar-refractivity contribution in [3.8, 4) is 32.0 Å². The van der Waals surface area contributed by atoms with E-state index in [1.807, 2.05) is 61.5 Å². The topological polar surface area (TPSA) is 95.5 Å². The van der Waals surface area contributed by atoms with E-state index in [4.69, 9.17) is 9.97 Å². The Bertz CT molecular complexity index is 2320. The number of nitrogens with one attached hydrogen (secondary N) is 1. The molecule has 5 aromatic rings. The molecule has 8 nitrogen and oxygen atoms in total. The van der Waals surface area contributed by atoms with E-state index < -0.39 is 6.04 Å². The van der Waals surface area contributed by atoms with Gasteiger partial charge in [0.15, 0.2) is 0 Å². The molecule has 1 unspecified atom stereocenters. The van der Waals surface area contributed by atoms with E-state index in [9.17, 15) is 14.4 Å². The summed E-state index contributed by atoms with van der Waals surface area (Å²) in [7, 11) is 0. The van der Waals surface area contributed by atoms with Crippen LogP contribution < -0.4 is 5.32 Å². The van der Waals surface area contributed by atoms with Crippen LogP contribution in [0.4, 0.5) is 0 Å². The number of rotatable bonds is 13. The molecular weight excluding hydrogens is 886 g/mol. The largest absolute Gasteiger partial charge is 0.340 e. The summed E-state index contributed by atoms with van der Waals surface area (Å²) < 4.78 is 0.386. The molecule has 1 aliphatic carbocycles. The normalized spacial score (nSPS) is 19.6. The van der Waals surface area contributed by atoms with Crippen LogP contribution in [0.3, 0.4) is 0 Å². The number of carbonyl (C=O) groups excluding carboxylic acids is 3. The highest BCUT2D eigenvalue weighted by Gasteiger charge is 2.38. The number of nitrogens with zero attached hydrogens (tertiary/aromatic N) is 4. The smallest absolute Gasteiger partial charge is 0.250 e. The number of halogens is 1. The maximum absolute atomic E-state index is 14.2. The molecule has 3 amide bonds. The van der Waals surface area contributed by atoms with Gasteiger partial charge in [-0.3, -0.25) is 14.4 Å². The average Bonchev–Trinajstić information content (AvgIpc) is 4.12.